The van der Waals surface area contributed by atoms with Gasteiger partial charge < -0.3 is 19.9 Å². The molecule has 0 aromatic heterocycles. The van der Waals surface area contributed by atoms with Gasteiger partial charge in [0.2, 0.25) is 0 Å². The largest absolute Gasteiger partial charge is 0.489 e. The van der Waals surface area contributed by atoms with E-state index < -0.39 is 11.9 Å². The van der Waals surface area contributed by atoms with Gasteiger partial charge in [-0.05, 0) is 23.8 Å². The summed E-state index contributed by atoms with van der Waals surface area (Å²) >= 11 is 9.81. The second-order valence-electron chi connectivity index (χ2n) is 7.28. The SMILES string of the molecule is CN1C(=O)[C@@H](N2C/C(=C(\Cl)NCc3ccccc3)C(=N)C2=O)COc2cc(Br)ccc21. The van der Waals surface area contributed by atoms with Crippen molar-refractivity contribution in [1.82, 2.24) is 10.2 Å². The van der Waals surface area contributed by atoms with Crippen LogP contribution in [0.2, 0.25) is 0 Å². The van der Waals surface area contributed by atoms with E-state index in [9.17, 15) is 9.59 Å². The highest BCUT2D eigenvalue weighted by Crippen LogP contribution is 2.34. The number of fused-ring (bicyclic) bond motifs is 1. The Labute approximate surface area is 193 Å². The third-order valence-electron chi connectivity index (χ3n) is 5.33. The number of likely N-dealkylation sites (N-methyl/N-ethyl adjacent to an activating group) is 1. The molecule has 9 heteroatoms. The van der Waals surface area contributed by atoms with Gasteiger partial charge >= 0.3 is 0 Å². The average Bonchev–Trinajstić information content (AvgIpc) is 3.00. The van der Waals surface area contributed by atoms with Crippen molar-refractivity contribution in [1.29, 1.82) is 5.41 Å². The first-order valence-electron chi connectivity index (χ1n) is 9.63. The first-order chi connectivity index (χ1) is 14.9. The van der Waals surface area contributed by atoms with Gasteiger partial charge in [0.25, 0.3) is 11.8 Å². The van der Waals surface area contributed by atoms with E-state index in [1.807, 2.05) is 36.4 Å². The van der Waals surface area contributed by atoms with E-state index in [1.165, 1.54) is 9.80 Å². The number of nitrogens with zero attached hydrogens (tertiary/aromatic N) is 2. The van der Waals surface area contributed by atoms with Crippen LogP contribution in [0.4, 0.5) is 5.69 Å². The third kappa shape index (κ3) is 4.18. The summed E-state index contributed by atoms with van der Waals surface area (Å²) in [5, 5.41) is 11.5. The molecule has 4 rings (SSSR count). The monoisotopic (exact) mass is 502 g/mol. The highest BCUT2D eigenvalue weighted by atomic mass is 79.9. The van der Waals surface area contributed by atoms with E-state index in [2.05, 4.69) is 21.2 Å². The Kier molecular flexibility index (Phi) is 6.02. The van der Waals surface area contributed by atoms with Crippen LogP contribution >= 0.6 is 27.5 Å². The summed E-state index contributed by atoms with van der Waals surface area (Å²) in [6, 6.07) is 14.2. The summed E-state index contributed by atoms with van der Waals surface area (Å²) in [7, 11) is 1.65. The van der Waals surface area contributed by atoms with Crippen LogP contribution in [0, 0.1) is 5.41 Å². The number of hydrogen-bond acceptors (Lipinski definition) is 5. The number of rotatable bonds is 4. The predicted molar refractivity (Wildman–Crippen MR) is 122 cm³/mol. The Bertz CT molecular complexity index is 1090. The fourth-order valence-electron chi connectivity index (χ4n) is 3.59. The van der Waals surface area contributed by atoms with Crippen molar-refractivity contribution in [2.24, 2.45) is 0 Å². The first kappa shape index (κ1) is 21.4. The highest BCUT2D eigenvalue weighted by Gasteiger charge is 2.43. The molecule has 2 heterocycles. The van der Waals surface area contributed by atoms with Gasteiger partial charge in [0.15, 0.2) is 0 Å². The average molecular weight is 504 g/mol. The Hall–Kier alpha value is -2.84. The van der Waals surface area contributed by atoms with Crippen LogP contribution in [-0.4, -0.2) is 48.7 Å². The quantitative estimate of drug-likeness (QED) is 0.627. The number of nitrogens with one attached hydrogen (secondary N) is 2. The number of halogens is 2. The molecule has 2 amide bonds. The molecular formula is C22H20BrClN4O3. The van der Waals surface area contributed by atoms with Crippen molar-refractivity contribution >= 4 is 50.7 Å². The summed E-state index contributed by atoms with van der Waals surface area (Å²) in [4.78, 5) is 28.8. The minimum absolute atomic E-state index is 0.00596. The van der Waals surface area contributed by atoms with Crippen molar-refractivity contribution < 1.29 is 14.3 Å². The van der Waals surface area contributed by atoms with Crippen LogP contribution in [0.1, 0.15) is 5.56 Å². The zero-order chi connectivity index (χ0) is 22.1. The maximum Gasteiger partial charge on any atom is 0.273 e. The van der Waals surface area contributed by atoms with E-state index in [1.54, 1.807) is 19.2 Å². The molecule has 0 radical (unpaired) electrons. The maximum absolute atomic E-state index is 13.1. The van der Waals surface area contributed by atoms with Crippen LogP contribution in [0.15, 0.2) is 63.7 Å². The molecule has 2 aliphatic heterocycles. The molecule has 31 heavy (non-hydrogen) atoms. The van der Waals surface area contributed by atoms with E-state index in [0.717, 1.165) is 10.0 Å². The lowest BCUT2D eigenvalue weighted by molar-refractivity contribution is -0.133. The van der Waals surface area contributed by atoms with Crippen LogP contribution in [0.25, 0.3) is 0 Å². The van der Waals surface area contributed by atoms with Gasteiger partial charge in [-0.2, -0.15) is 0 Å². The lowest BCUT2D eigenvalue weighted by Gasteiger charge is -2.26. The minimum Gasteiger partial charge on any atom is -0.489 e. The van der Waals surface area contributed by atoms with Crippen molar-refractivity contribution in [2.75, 3.05) is 25.1 Å². The first-order valence-corrected chi connectivity index (χ1v) is 10.8. The molecule has 0 bridgehead atoms. The lowest BCUT2D eigenvalue weighted by atomic mass is 10.2. The van der Waals surface area contributed by atoms with Crippen LogP contribution in [-0.2, 0) is 16.1 Å². The van der Waals surface area contributed by atoms with E-state index >= 15 is 0 Å². The second kappa shape index (κ2) is 8.72. The van der Waals surface area contributed by atoms with Gasteiger partial charge in [-0.15, -0.1) is 0 Å². The zero-order valence-corrected chi connectivity index (χ0v) is 19.0. The van der Waals surface area contributed by atoms with Crippen LogP contribution in [0.5, 0.6) is 5.75 Å². The van der Waals surface area contributed by atoms with Gasteiger partial charge in [-0.3, -0.25) is 15.0 Å². The van der Waals surface area contributed by atoms with E-state index in [-0.39, 0.29) is 29.9 Å². The molecule has 0 spiro atoms. The summed E-state index contributed by atoms with van der Waals surface area (Å²) in [6.07, 6.45) is 0. The third-order valence-corrected chi connectivity index (χ3v) is 6.19. The molecular weight excluding hydrogens is 484 g/mol. The molecule has 0 unspecified atom stereocenters. The molecule has 0 aliphatic carbocycles. The fraction of sp³-hybridized carbons (Fsp3) is 0.227. The number of ether oxygens (including phenoxy) is 1. The standard InChI is InChI=1S/C22H20BrClN4O3/c1-27-16-8-7-14(23)9-18(16)31-12-17(21(27)29)28-11-15(19(25)22(28)30)20(24)26-10-13-5-3-2-4-6-13/h2-9,17,25-26H,10-12H2,1H3/b20-15-,25-19?/t17-/m0/s1. The number of carbonyl (C=O) groups is 2. The number of likely N-dealkylation sites (tertiary alicyclic amines) is 1. The lowest BCUT2D eigenvalue weighted by Crippen LogP contribution is -2.50. The van der Waals surface area contributed by atoms with E-state index in [0.29, 0.717) is 23.6 Å². The van der Waals surface area contributed by atoms with Crippen molar-refractivity contribution in [3.8, 4) is 5.75 Å². The molecule has 2 aromatic rings. The molecule has 160 valence electrons. The Morgan fingerprint density at radius 1 is 1.26 bits per heavy atom. The van der Waals surface area contributed by atoms with Gasteiger partial charge in [0, 0.05) is 23.6 Å². The number of benzene rings is 2. The minimum atomic E-state index is -0.861. The number of amides is 2. The van der Waals surface area contributed by atoms with Crippen LogP contribution < -0.4 is 15.0 Å². The molecule has 1 atom stereocenters. The Morgan fingerprint density at radius 3 is 2.74 bits per heavy atom. The summed E-state index contributed by atoms with van der Waals surface area (Å²) in [5.41, 5.74) is 1.79. The highest BCUT2D eigenvalue weighted by molar-refractivity contribution is 9.10. The number of hydrogen-bond donors (Lipinski definition) is 2. The van der Waals surface area contributed by atoms with E-state index in [4.69, 9.17) is 21.7 Å². The van der Waals surface area contributed by atoms with Crippen molar-refractivity contribution in [2.45, 2.75) is 12.6 Å². The van der Waals surface area contributed by atoms with Gasteiger partial charge in [-0.1, -0.05) is 57.9 Å². The summed E-state index contributed by atoms with van der Waals surface area (Å²) in [6.45, 7) is 0.517. The normalized spacial score (nSPS) is 20.4. The molecule has 2 N–H and O–H groups in total. The number of anilines is 1. The van der Waals surface area contributed by atoms with Crippen molar-refractivity contribution in [3.63, 3.8) is 0 Å². The Balaban J connectivity index is 1.54. The van der Waals surface area contributed by atoms with Gasteiger partial charge in [-0.25, -0.2) is 0 Å². The molecule has 7 nitrogen and oxygen atoms in total. The Morgan fingerprint density at radius 2 is 2.00 bits per heavy atom. The van der Waals surface area contributed by atoms with Gasteiger partial charge in [0.1, 0.15) is 29.3 Å². The maximum atomic E-state index is 13.1. The zero-order valence-electron chi connectivity index (χ0n) is 16.7. The molecule has 2 aromatic carbocycles. The van der Waals surface area contributed by atoms with Crippen LogP contribution in [0.3, 0.4) is 0 Å². The van der Waals surface area contributed by atoms with Gasteiger partial charge in [0.05, 0.1) is 12.2 Å². The second-order valence-corrected chi connectivity index (χ2v) is 8.57. The summed E-state index contributed by atoms with van der Waals surface area (Å²) < 4.78 is 6.68. The molecule has 2 aliphatic rings. The summed E-state index contributed by atoms with van der Waals surface area (Å²) in [5.74, 6) is -0.276. The molecule has 1 saturated heterocycles. The predicted octanol–water partition coefficient (Wildman–Crippen LogP) is 3.28. The molecule has 0 saturated carbocycles. The topological polar surface area (TPSA) is 85.7 Å². The number of carbonyl (C=O) groups excluding carboxylic acids is 2. The molecule has 1 fully saturated rings. The fourth-order valence-corrected chi connectivity index (χ4v) is 4.15. The smallest absolute Gasteiger partial charge is 0.273 e. The van der Waals surface area contributed by atoms with Crippen molar-refractivity contribution in [3.05, 3.63) is 69.3 Å².